The number of fused-ring (bicyclic) bond motifs is 1. The predicted octanol–water partition coefficient (Wildman–Crippen LogP) is 2.03. The van der Waals surface area contributed by atoms with Crippen molar-refractivity contribution in [1.29, 1.82) is 0 Å². The third-order valence-corrected chi connectivity index (χ3v) is 4.68. The maximum atomic E-state index is 13.3. The zero-order valence-electron chi connectivity index (χ0n) is 14.6. The van der Waals surface area contributed by atoms with Crippen LogP contribution in [0.15, 0.2) is 34.7 Å². The van der Waals surface area contributed by atoms with Crippen molar-refractivity contribution in [2.45, 2.75) is 18.8 Å². The van der Waals surface area contributed by atoms with E-state index in [-0.39, 0.29) is 5.82 Å². The van der Waals surface area contributed by atoms with E-state index in [2.05, 4.69) is 20.7 Å². The van der Waals surface area contributed by atoms with Crippen LogP contribution in [0.3, 0.4) is 0 Å². The fourth-order valence-electron chi connectivity index (χ4n) is 3.31. The van der Waals surface area contributed by atoms with Gasteiger partial charge in [0, 0.05) is 37.5 Å². The van der Waals surface area contributed by atoms with Gasteiger partial charge in [-0.15, -0.1) is 0 Å². The summed E-state index contributed by atoms with van der Waals surface area (Å²) in [7, 11) is 1.64. The van der Waals surface area contributed by atoms with Gasteiger partial charge in [0.15, 0.2) is 11.4 Å². The van der Waals surface area contributed by atoms with Crippen LogP contribution in [-0.2, 0) is 0 Å². The van der Waals surface area contributed by atoms with Crippen molar-refractivity contribution in [1.82, 2.24) is 20.7 Å². The van der Waals surface area contributed by atoms with E-state index in [0.717, 1.165) is 49.8 Å². The second kappa shape index (κ2) is 8.13. The van der Waals surface area contributed by atoms with Gasteiger partial charge in [0.1, 0.15) is 5.82 Å². The number of piperidine rings is 1. The molecule has 9 heteroatoms. The summed E-state index contributed by atoms with van der Waals surface area (Å²) < 4.78 is 18.5. The molecule has 0 atom stereocenters. The first kappa shape index (κ1) is 18.1. The molecule has 140 valence electrons. The number of hydrogen-bond donors (Lipinski definition) is 2. The number of nitro groups is 1. The summed E-state index contributed by atoms with van der Waals surface area (Å²) in [5, 5.41) is 21.3. The third-order valence-electron chi connectivity index (χ3n) is 4.68. The summed E-state index contributed by atoms with van der Waals surface area (Å²) in [4.78, 5) is 12.3. The van der Waals surface area contributed by atoms with Gasteiger partial charge < -0.3 is 20.1 Å². The highest BCUT2D eigenvalue weighted by Crippen LogP contribution is 2.32. The molecule has 8 nitrogen and oxygen atoms in total. The molecule has 3 rings (SSSR count). The Bertz CT molecular complexity index is 799. The zero-order chi connectivity index (χ0) is 18.5. The molecule has 1 saturated heterocycles. The van der Waals surface area contributed by atoms with E-state index in [1.54, 1.807) is 13.1 Å². The minimum atomic E-state index is -0.488. The van der Waals surface area contributed by atoms with Crippen molar-refractivity contribution in [3.05, 3.63) is 51.8 Å². The van der Waals surface area contributed by atoms with Crippen molar-refractivity contribution in [3.8, 4) is 0 Å². The molecular formula is C17H22FN5O3. The average molecular weight is 363 g/mol. The van der Waals surface area contributed by atoms with Gasteiger partial charge in [-0.05, 0) is 38.1 Å². The molecule has 0 bridgehead atoms. The van der Waals surface area contributed by atoms with Crippen LogP contribution >= 0.6 is 0 Å². The molecule has 0 aliphatic carbocycles. The molecule has 0 saturated carbocycles. The van der Waals surface area contributed by atoms with Crippen LogP contribution in [-0.4, -0.2) is 48.2 Å². The van der Waals surface area contributed by atoms with Gasteiger partial charge in [0.05, 0.1) is 10.6 Å². The Morgan fingerprint density at radius 2 is 2.27 bits per heavy atom. The summed E-state index contributed by atoms with van der Waals surface area (Å²) in [5.74, 6) is 0.369. The first-order chi connectivity index (χ1) is 12.6. The normalized spacial score (nSPS) is 16.8. The summed E-state index contributed by atoms with van der Waals surface area (Å²) in [5.41, 5.74) is 1.40. The molecule has 1 fully saturated rings. The third kappa shape index (κ3) is 4.29. The molecule has 1 aliphatic heterocycles. The lowest BCUT2D eigenvalue weighted by Crippen LogP contribution is -2.38. The number of likely N-dealkylation sites (tertiary alicyclic amines) is 1. The van der Waals surface area contributed by atoms with Gasteiger partial charge in [0.2, 0.25) is 0 Å². The molecule has 2 aromatic rings. The second-order valence-electron chi connectivity index (χ2n) is 6.33. The fourth-order valence-corrected chi connectivity index (χ4v) is 3.31. The Hall–Kier alpha value is -2.68. The summed E-state index contributed by atoms with van der Waals surface area (Å²) in [6.07, 6.45) is 2.82. The monoisotopic (exact) mass is 363 g/mol. The lowest BCUT2D eigenvalue weighted by atomic mass is 9.91. The number of hydrogen-bond acceptors (Lipinski definition) is 7. The van der Waals surface area contributed by atoms with Gasteiger partial charge in [-0.2, -0.15) is 0 Å². The van der Waals surface area contributed by atoms with E-state index < -0.39 is 4.92 Å². The van der Waals surface area contributed by atoms with Crippen molar-refractivity contribution in [3.63, 3.8) is 0 Å². The SMILES string of the molecule is CNC(=C[N+](=O)[O-])NCCN1CCC(c2noc3cc(F)ccc23)CC1. The van der Waals surface area contributed by atoms with Crippen LogP contribution in [0.25, 0.3) is 11.0 Å². The topological polar surface area (TPSA) is 96.5 Å². The van der Waals surface area contributed by atoms with E-state index >= 15 is 0 Å². The van der Waals surface area contributed by atoms with Gasteiger partial charge in [-0.1, -0.05) is 5.16 Å². The van der Waals surface area contributed by atoms with E-state index in [1.807, 2.05) is 0 Å². The Balaban J connectivity index is 1.50. The number of nitrogens with one attached hydrogen (secondary N) is 2. The number of rotatable bonds is 7. The summed E-state index contributed by atoms with van der Waals surface area (Å²) in [6.45, 7) is 3.25. The second-order valence-corrected chi connectivity index (χ2v) is 6.33. The van der Waals surface area contributed by atoms with Crippen LogP contribution in [0.2, 0.25) is 0 Å². The molecule has 2 heterocycles. The average Bonchev–Trinajstić information content (AvgIpc) is 3.04. The zero-order valence-corrected chi connectivity index (χ0v) is 14.6. The highest BCUT2D eigenvalue weighted by molar-refractivity contribution is 5.79. The smallest absolute Gasteiger partial charge is 0.274 e. The largest absolute Gasteiger partial charge is 0.370 e. The molecule has 1 aromatic heterocycles. The number of halogens is 1. The van der Waals surface area contributed by atoms with Crippen molar-refractivity contribution in [2.24, 2.45) is 0 Å². The van der Waals surface area contributed by atoms with Crippen LogP contribution in [0.1, 0.15) is 24.5 Å². The van der Waals surface area contributed by atoms with Crippen LogP contribution in [0, 0.1) is 15.9 Å². The van der Waals surface area contributed by atoms with Crippen LogP contribution < -0.4 is 10.6 Å². The van der Waals surface area contributed by atoms with E-state index in [4.69, 9.17) is 4.52 Å². The Labute approximate surface area is 150 Å². The highest BCUT2D eigenvalue weighted by Gasteiger charge is 2.25. The Morgan fingerprint density at radius 1 is 1.50 bits per heavy atom. The summed E-state index contributed by atoms with van der Waals surface area (Å²) >= 11 is 0. The fraction of sp³-hybridized carbons (Fsp3) is 0.471. The molecular weight excluding hydrogens is 341 g/mol. The van der Waals surface area contributed by atoms with E-state index in [1.165, 1.54) is 12.1 Å². The van der Waals surface area contributed by atoms with Gasteiger partial charge in [-0.25, -0.2) is 4.39 Å². The Kier molecular flexibility index (Phi) is 5.67. The van der Waals surface area contributed by atoms with E-state index in [0.29, 0.717) is 23.9 Å². The number of nitrogens with zero attached hydrogens (tertiary/aromatic N) is 3. The lowest BCUT2D eigenvalue weighted by Gasteiger charge is -2.31. The first-order valence-corrected chi connectivity index (χ1v) is 8.61. The maximum Gasteiger partial charge on any atom is 0.274 e. The van der Waals surface area contributed by atoms with Gasteiger partial charge >= 0.3 is 0 Å². The molecule has 0 radical (unpaired) electrons. The standard InChI is InChI=1S/C17H22FN5O3/c1-19-16(11-23(24)25)20-6-9-22-7-4-12(5-8-22)17-14-3-2-13(18)10-15(14)26-21-17/h2-3,10-12,19-20H,4-9H2,1H3. The minimum Gasteiger partial charge on any atom is -0.370 e. The molecule has 0 unspecified atom stereocenters. The van der Waals surface area contributed by atoms with Crippen molar-refractivity contribution >= 4 is 11.0 Å². The summed E-state index contributed by atoms with van der Waals surface area (Å²) in [6, 6.07) is 4.53. The van der Waals surface area contributed by atoms with Crippen LogP contribution in [0.5, 0.6) is 0 Å². The van der Waals surface area contributed by atoms with E-state index in [9.17, 15) is 14.5 Å². The molecule has 0 amide bonds. The number of benzene rings is 1. The Morgan fingerprint density at radius 3 is 2.96 bits per heavy atom. The number of aromatic nitrogens is 1. The maximum absolute atomic E-state index is 13.3. The highest BCUT2D eigenvalue weighted by atomic mass is 19.1. The molecule has 0 spiro atoms. The van der Waals surface area contributed by atoms with Crippen LogP contribution in [0.4, 0.5) is 4.39 Å². The van der Waals surface area contributed by atoms with Gasteiger partial charge in [-0.3, -0.25) is 10.1 Å². The molecule has 1 aliphatic rings. The lowest BCUT2D eigenvalue weighted by molar-refractivity contribution is -0.404. The minimum absolute atomic E-state index is 0.299. The molecule has 26 heavy (non-hydrogen) atoms. The first-order valence-electron chi connectivity index (χ1n) is 8.61. The predicted molar refractivity (Wildman–Crippen MR) is 94.5 cm³/mol. The molecule has 1 aromatic carbocycles. The molecule has 2 N–H and O–H groups in total. The van der Waals surface area contributed by atoms with Crippen molar-refractivity contribution < 1.29 is 13.8 Å². The van der Waals surface area contributed by atoms with Crippen molar-refractivity contribution in [2.75, 3.05) is 33.2 Å². The quantitative estimate of drug-likeness (QED) is 0.574. The van der Waals surface area contributed by atoms with Gasteiger partial charge in [0.25, 0.3) is 6.20 Å².